The van der Waals surface area contributed by atoms with Crippen molar-refractivity contribution >= 4 is 23.2 Å². The van der Waals surface area contributed by atoms with Gasteiger partial charge in [-0.25, -0.2) is 4.39 Å². The van der Waals surface area contributed by atoms with Gasteiger partial charge in [0, 0.05) is 23.9 Å². The van der Waals surface area contributed by atoms with Gasteiger partial charge in [0.25, 0.3) is 0 Å². The van der Waals surface area contributed by atoms with E-state index in [-0.39, 0.29) is 48.0 Å². The van der Waals surface area contributed by atoms with Crippen LogP contribution in [-0.2, 0) is 16.0 Å². The molecule has 182 valence electrons. The Bertz CT molecular complexity index is 1190. The minimum Gasteiger partial charge on any atom is -0.333 e. The smallest absolute Gasteiger partial charge is 0.242 e. The third-order valence-electron chi connectivity index (χ3n) is 7.03. The molecule has 6 heteroatoms. The van der Waals surface area contributed by atoms with Gasteiger partial charge in [-0.2, -0.15) is 0 Å². The van der Waals surface area contributed by atoms with Crippen LogP contribution in [0.25, 0.3) is 0 Å². The van der Waals surface area contributed by atoms with Gasteiger partial charge in [0.2, 0.25) is 11.8 Å². The second-order valence-electron chi connectivity index (χ2n) is 10.1. The summed E-state index contributed by atoms with van der Waals surface area (Å²) in [5.74, 6) is 0.178. The molecule has 5 rings (SSSR count). The summed E-state index contributed by atoms with van der Waals surface area (Å²) in [4.78, 5) is 32.2. The third-order valence-corrected chi connectivity index (χ3v) is 8.03. The average Bonchev–Trinajstić information content (AvgIpc) is 3.51. The Kier molecular flexibility index (Phi) is 6.74. The largest absolute Gasteiger partial charge is 0.333 e. The van der Waals surface area contributed by atoms with Crippen molar-refractivity contribution in [1.29, 1.82) is 0 Å². The molecule has 0 saturated heterocycles. The molecular formula is C29H31FN2O2S. The summed E-state index contributed by atoms with van der Waals surface area (Å²) in [6, 6.07) is 18.4. The number of fused-ring (bicyclic) bond motifs is 1. The first-order valence-electron chi connectivity index (χ1n) is 12.4. The van der Waals surface area contributed by atoms with Gasteiger partial charge in [-0.3, -0.25) is 9.59 Å². The fourth-order valence-electron chi connectivity index (χ4n) is 5.29. The lowest BCUT2D eigenvalue weighted by Gasteiger charge is -2.38. The van der Waals surface area contributed by atoms with Crippen molar-refractivity contribution < 1.29 is 14.0 Å². The summed E-state index contributed by atoms with van der Waals surface area (Å²) in [6.45, 7) is 5.38. The monoisotopic (exact) mass is 490 g/mol. The van der Waals surface area contributed by atoms with Gasteiger partial charge < -0.3 is 9.80 Å². The number of thiophene rings is 1. The van der Waals surface area contributed by atoms with Gasteiger partial charge in [0.05, 0.1) is 12.6 Å². The Morgan fingerprint density at radius 3 is 2.51 bits per heavy atom. The van der Waals surface area contributed by atoms with Crippen LogP contribution in [0.15, 0.2) is 66.0 Å². The molecular weight excluding hydrogens is 459 g/mol. The van der Waals surface area contributed by atoms with E-state index in [1.165, 1.54) is 22.6 Å². The number of nitrogens with zero attached hydrogens (tertiary/aromatic N) is 2. The zero-order valence-electron chi connectivity index (χ0n) is 20.2. The summed E-state index contributed by atoms with van der Waals surface area (Å²) >= 11 is 1.70. The maximum atomic E-state index is 13.7. The van der Waals surface area contributed by atoms with E-state index in [0.717, 1.165) is 24.0 Å². The van der Waals surface area contributed by atoms with E-state index in [2.05, 4.69) is 37.4 Å². The Morgan fingerprint density at radius 1 is 1.06 bits per heavy atom. The van der Waals surface area contributed by atoms with E-state index < -0.39 is 0 Å². The highest BCUT2D eigenvalue weighted by Gasteiger charge is 2.46. The third kappa shape index (κ3) is 5.03. The van der Waals surface area contributed by atoms with Crippen LogP contribution in [0, 0.1) is 17.7 Å². The first kappa shape index (κ1) is 23.7. The lowest BCUT2D eigenvalue weighted by molar-refractivity contribution is -0.142. The molecule has 3 atom stereocenters. The standard InChI is InChI=1S/C29H31FN2O2S/c1-19(2)17-31(29(34)25-16-24(25)20-6-4-3-5-7-20)18-27(33)32-14-12-26-23(13-15-35-26)28(32)21-8-10-22(30)11-9-21/h3-11,13,15,19,24-25,28H,12,14,16-18H2,1-2H3. The van der Waals surface area contributed by atoms with Gasteiger partial charge in [0.15, 0.2) is 0 Å². The van der Waals surface area contributed by atoms with Crippen molar-refractivity contribution in [3.8, 4) is 0 Å². The van der Waals surface area contributed by atoms with Crippen LogP contribution in [0.5, 0.6) is 0 Å². The zero-order chi connectivity index (χ0) is 24.5. The van der Waals surface area contributed by atoms with E-state index in [4.69, 9.17) is 0 Å². The zero-order valence-corrected chi connectivity index (χ0v) is 21.0. The molecule has 2 aliphatic rings. The summed E-state index contributed by atoms with van der Waals surface area (Å²) in [6.07, 6.45) is 1.64. The fourth-order valence-corrected chi connectivity index (χ4v) is 6.19. The number of hydrogen-bond donors (Lipinski definition) is 0. The first-order chi connectivity index (χ1) is 16.9. The molecule has 1 aliphatic carbocycles. The van der Waals surface area contributed by atoms with Gasteiger partial charge >= 0.3 is 0 Å². The van der Waals surface area contributed by atoms with Crippen molar-refractivity contribution in [1.82, 2.24) is 9.80 Å². The van der Waals surface area contributed by atoms with Crippen LogP contribution in [0.1, 0.15) is 53.8 Å². The Hall–Kier alpha value is -2.99. The molecule has 2 heterocycles. The second kappa shape index (κ2) is 9.94. The van der Waals surface area contributed by atoms with E-state index >= 15 is 0 Å². The SMILES string of the molecule is CC(C)CN(CC(=O)N1CCc2sccc2C1c1ccc(F)cc1)C(=O)C1CC1c1ccccc1. The molecule has 3 aromatic rings. The van der Waals surface area contributed by atoms with Crippen molar-refractivity contribution in [3.63, 3.8) is 0 Å². The molecule has 0 spiro atoms. The van der Waals surface area contributed by atoms with Crippen LogP contribution in [0.3, 0.4) is 0 Å². The lowest BCUT2D eigenvalue weighted by atomic mass is 9.93. The summed E-state index contributed by atoms with van der Waals surface area (Å²) in [7, 11) is 0. The highest BCUT2D eigenvalue weighted by Crippen LogP contribution is 2.48. The quantitative estimate of drug-likeness (QED) is 0.429. The predicted octanol–water partition coefficient (Wildman–Crippen LogP) is 5.65. The second-order valence-corrected chi connectivity index (χ2v) is 11.1. The number of carbonyl (C=O) groups excluding carboxylic acids is 2. The predicted molar refractivity (Wildman–Crippen MR) is 137 cm³/mol. The average molecular weight is 491 g/mol. The van der Waals surface area contributed by atoms with E-state index in [0.29, 0.717) is 13.1 Å². The minimum atomic E-state index is -0.293. The normalized spacial score (nSPS) is 21.0. The summed E-state index contributed by atoms with van der Waals surface area (Å²) in [5.41, 5.74) is 3.19. The van der Waals surface area contributed by atoms with E-state index in [1.807, 2.05) is 23.1 Å². The minimum absolute atomic E-state index is 0.0536. The van der Waals surface area contributed by atoms with E-state index in [1.54, 1.807) is 28.4 Å². The van der Waals surface area contributed by atoms with Crippen molar-refractivity contribution in [2.45, 2.75) is 38.6 Å². The van der Waals surface area contributed by atoms with Crippen molar-refractivity contribution in [3.05, 3.63) is 93.4 Å². The molecule has 4 nitrogen and oxygen atoms in total. The molecule has 1 fully saturated rings. The summed E-state index contributed by atoms with van der Waals surface area (Å²) < 4.78 is 13.6. The van der Waals surface area contributed by atoms with Gasteiger partial charge in [-0.1, -0.05) is 56.3 Å². The molecule has 0 N–H and O–H groups in total. The Labute approximate surface area is 210 Å². The van der Waals surface area contributed by atoms with Gasteiger partial charge in [-0.15, -0.1) is 11.3 Å². The molecule has 1 saturated carbocycles. The molecule has 0 radical (unpaired) electrons. The highest BCUT2D eigenvalue weighted by molar-refractivity contribution is 7.10. The molecule has 2 aromatic carbocycles. The lowest BCUT2D eigenvalue weighted by Crippen LogP contribution is -2.48. The highest BCUT2D eigenvalue weighted by atomic mass is 32.1. The van der Waals surface area contributed by atoms with E-state index in [9.17, 15) is 14.0 Å². The number of carbonyl (C=O) groups is 2. The summed E-state index contributed by atoms with van der Waals surface area (Å²) in [5, 5.41) is 2.06. The van der Waals surface area contributed by atoms with Gasteiger partial charge in [0.1, 0.15) is 5.82 Å². The maximum Gasteiger partial charge on any atom is 0.242 e. The van der Waals surface area contributed by atoms with Gasteiger partial charge in [-0.05, 0) is 64.9 Å². The molecule has 35 heavy (non-hydrogen) atoms. The Morgan fingerprint density at radius 2 is 1.80 bits per heavy atom. The topological polar surface area (TPSA) is 40.6 Å². The van der Waals surface area contributed by atoms with Crippen LogP contribution in [0.4, 0.5) is 4.39 Å². The number of rotatable bonds is 7. The maximum absolute atomic E-state index is 13.7. The molecule has 1 aliphatic heterocycles. The van der Waals surface area contributed by atoms with Crippen LogP contribution in [0.2, 0.25) is 0 Å². The van der Waals surface area contributed by atoms with Crippen molar-refractivity contribution in [2.75, 3.05) is 19.6 Å². The number of hydrogen-bond acceptors (Lipinski definition) is 3. The van der Waals surface area contributed by atoms with Crippen LogP contribution < -0.4 is 0 Å². The van der Waals surface area contributed by atoms with Crippen LogP contribution in [-0.4, -0.2) is 41.2 Å². The number of benzene rings is 2. The molecule has 1 aromatic heterocycles. The van der Waals surface area contributed by atoms with Crippen molar-refractivity contribution in [2.24, 2.45) is 11.8 Å². The van der Waals surface area contributed by atoms with Crippen LogP contribution >= 0.6 is 11.3 Å². The number of amides is 2. The first-order valence-corrected chi connectivity index (χ1v) is 13.2. The molecule has 0 bridgehead atoms. The molecule has 2 amide bonds. The number of halogens is 1. The Balaban J connectivity index is 1.36. The fraction of sp³-hybridized carbons (Fsp3) is 0.379. The molecule has 3 unspecified atom stereocenters.